The van der Waals surface area contributed by atoms with Crippen LogP contribution in [0.1, 0.15) is 11.1 Å². The van der Waals surface area contributed by atoms with Crippen molar-refractivity contribution in [3.05, 3.63) is 50.4 Å². The van der Waals surface area contributed by atoms with E-state index in [-0.39, 0.29) is 5.82 Å². The number of aryl methyl sites for hydroxylation is 2. The van der Waals surface area contributed by atoms with E-state index in [9.17, 15) is 9.59 Å². The Balaban J connectivity index is 2.29. The fourth-order valence-electron chi connectivity index (χ4n) is 1.69. The molecule has 2 aromatic heterocycles. The molecule has 2 aromatic rings. The van der Waals surface area contributed by atoms with Gasteiger partial charge in [-0.05, 0) is 24.1 Å². The van der Waals surface area contributed by atoms with Gasteiger partial charge in [-0.15, -0.1) is 5.10 Å². The Morgan fingerprint density at radius 3 is 2.74 bits per heavy atom. The number of aromatic nitrogens is 4. The summed E-state index contributed by atoms with van der Waals surface area (Å²) in [7, 11) is 2.93. The topological polar surface area (TPSA) is 81.8 Å². The van der Waals surface area contributed by atoms with Gasteiger partial charge in [-0.2, -0.15) is 0 Å². The lowest BCUT2D eigenvalue weighted by Crippen LogP contribution is -2.39. The Labute approximate surface area is 109 Å². The van der Waals surface area contributed by atoms with Gasteiger partial charge in [-0.3, -0.25) is 14.3 Å². The molecule has 0 atom stereocenters. The largest absolute Gasteiger partial charge is 0.360 e. The lowest BCUT2D eigenvalue weighted by Gasteiger charge is -2.09. The summed E-state index contributed by atoms with van der Waals surface area (Å²) in [5.41, 5.74) is 1.16. The van der Waals surface area contributed by atoms with Crippen molar-refractivity contribution in [2.75, 3.05) is 5.32 Å². The van der Waals surface area contributed by atoms with Crippen LogP contribution in [0, 0.1) is 6.92 Å². The Morgan fingerprint density at radius 1 is 1.32 bits per heavy atom. The molecular weight excluding hydrogens is 246 g/mol. The zero-order valence-corrected chi connectivity index (χ0v) is 11.0. The highest BCUT2D eigenvalue weighted by atomic mass is 16.2. The van der Waals surface area contributed by atoms with Gasteiger partial charge in [0.1, 0.15) is 0 Å². The van der Waals surface area contributed by atoms with Crippen molar-refractivity contribution in [3.8, 4) is 0 Å². The van der Waals surface area contributed by atoms with Gasteiger partial charge in [-0.25, -0.2) is 9.48 Å². The van der Waals surface area contributed by atoms with Crippen LogP contribution >= 0.6 is 0 Å². The second kappa shape index (κ2) is 5.05. The molecule has 100 valence electrons. The number of hydrogen-bond acceptors (Lipinski definition) is 5. The summed E-state index contributed by atoms with van der Waals surface area (Å²) in [6, 6.07) is 1.87. The van der Waals surface area contributed by atoms with E-state index in [1.807, 2.05) is 13.0 Å². The van der Waals surface area contributed by atoms with Crippen LogP contribution in [0.2, 0.25) is 0 Å². The predicted molar refractivity (Wildman–Crippen MR) is 71.0 cm³/mol. The molecule has 0 aliphatic heterocycles. The van der Waals surface area contributed by atoms with Crippen LogP contribution in [0.25, 0.3) is 0 Å². The Morgan fingerprint density at radius 2 is 2.05 bits per heavy atom. The highest BCUT2D eigenvalue weighted by Gasteiger charge is 2.08. The number of anilines is 1. The Bertz CT molecular complexity index is 717. The van der Waals surface area contributed by atoms with Crippen LogP contribution in [-0.4, -0.2) is 19.3 Å². The van der Waals surface area contributed by atoms with Crippen LogP contribution in [0.5, 0.6) is 0 Å². The first-order valence-electron chi connectivity index (χ1n) is 5.78. The van der Waals surface area contributed by atoms with Gasteiger partial charge in [0.05, 0.1) is 0 Å². The van der Waals surface area contributed by atoms with Crippen LogP contribution in [-0.2, 0) is 20.6 Å². The van der Waals surface area contributed by atoms with E-state index in [4.69, 9.17) is 0 Å². The quantitative estimate of drug-likeness (QED) is 0.827. The first kappa shape index (κ1) is 13.0. The molecular formula is C12H15N5O2. The van der Waals surface area contributed by atoms with Crippen LogP contribution in [0.15, 0.2) is 28.0 Å². The molecule has 0 bridgehead atoms. The van der Waals surface area contributed by atoms with E-state index in [0.29, 0.717) is 6.54 Å². The molecule has 0 radical (unpaired) electrons. The molecule has 0 aliphatic carbocycles. The van der Waals surface area contributed by atoms with Gasteiger partial charge in [-0.1, -0.05) is 0 Å². The number of nitrogens with zero attached hydrogens (tertiary/aromatic N) is 4. The van der Waals surface area contributed by atoms with Crippen LogP contribution < -0.4 is 16.6 Å². The van der Waals surface area contributed by atoms with E-state index in [2.05, 4.69) is 15.4 Å². The second-order valence-corrected chi connectivity index (χ2v) is 4.27. The summed E-state index contributed by atoms with van der Waals surface area (Å²) in [5, 5.41) is 6.87. The van der Waals surface area contributed by atoms with Gasteiger partial charge in [0.15, 0.2) is 0 Å². The van der Waals surface area contributed by atoms with E-state index >= 15 is 0 Å². The summed E-state index contributed by atoms with van der Waals surface area (Å²) in [4.78, 5) is 27.4. The van der Waals surface area contributed by atoms with E-state index < -0.39 is 11.2 Å². The van der Waals surface area contributed by atoms with Crippen molar-refractivity contribution in [2.45, 2.75) is 13.5 Å². The molecule has 0 unspecified atom stereocenters. The molecule has 0 aromatic carbocycles. The van der Waals surface area contributed by atoms with E-state index in [1.165, 1.54) is 14.1 Å². The third kappa shape index (κ3) is 2.54. The molecule has 0 aliphatic rings. The number of hydrogen-bond donors (Lipinski definition) is 1. The molecule has 0 spiro atoms. The van der Waals surface area contributed by atoms with E-state index in [0.717, 1.165) is 20.4 Å². The molecule has 0 saturated heterocycles. The van der Waals surface area contributed by atoms with Crippen molar-refractivity contribution in [3.63, 3.8) is 0 Å². The highest BCUT2D eigenvalue weighted by molar-refractivity contribution is 5.33. The Hall–Kier alpha value is -2.44. The normalized spacial score (nSPS) is 10.5. The van der Waals surface area contributed by atoms with Gasteiger partial charge in [0.25, 0.3) is 5.56 Å². The highest BCUT2D eigenvalue weighted by Crippen LogP contribution is 2.06. The monoisotopic (exact) mass is 261 g/mol. The molecule has 0 saturated carbocycles. The summed E-state index contributed by atoms with van der Waals surface area (Å²) in [6.07, 6.45) is 3.44. The van der Waals surface area contributed by atoms with Crippen molar-refractivity contribution in [1.82, 2.24) is 19.3 Å². The van der Waals surface area contributed by atoms with Crippen molar-refractivity contribution in [2.24, 2.45) is 14.1 Å². The number of rotatable bonds is 3. The molecule has 2 heterocycles. The maximum Gasteiger partial charge on any atom is 0.346 e. The van der Waals surface area contributed by atoms with Gasteiger partial charge in [0.2, 0.25) is 5.82 Å². The van der Waals surface area contributed by atoms with Crippen LogP contribution in [0.4, 0.5) is 5.82 Å². The first-order chi connectivity index (χ1) is 9.00. The third-order valence-corrected chi connectivity index (χ3v) is 2.90. The second-order valence-electron chi connectivity index (χ2n) is 4.27. The molecule has 7 nitrogen and oxygen atoms in total. The van der Waals surface area contributed by atoms with Crippen molar-refractivity contribution in [1.29, 1.82) is 0 Å². The zero-order chi connectivity index (χ0) is 14.0. The fourth-order valence-corrected chi connectivity index (χ4v) is 1.69. The average molecular weight is 261 g/mol. The van der Waals surface area contributed by atoms with Crippen molar-refractivity contribution < 1.29 is 0 Å². The summed E-state index contributed by atoms with van der Waals surface area (Å²) >= 11 is 0. The van der Waals surface area contributed by atoms with Gasteiger partial charge in [0, 0.05) is 33.0 Å². The zero-order valence-electron chi connectivity index (χ0n) is 11.0. The molecule has 0 fully saturated rings. The molecule has 2 rings (SSSR count). The molecule has 0 amide bonds. The number of nitrogens with one attached hydrogen (secondary N) is 1. The number of pyridine rings is 1. The predicted octanol–water partition coefficient (Wildman–Crippen LogP) is -0.205. The summed E-state index contributed by atoms with van der Waals surface area (Å²) in [6.45, 7) is 2.39. The maximum atomic E-state index is 11.9. The smallest absolute Gasteiger partial charge is 0.346 e. The standard InChI is InChI=1S/C12H15N5O2/c1-8-6-13-5-4-9(8)7-14-10-11(18)16(2)12(19)17(3)15-10/h4-6H,7H2,1-3H3,(H,14,15). The lowest BCUT2D eigenvalue weighted by atomic mass is 10.1. The van der Waals surface area contributed by atoms with Crippen LogP contribution in [0.3, 0.4) is 0 Å². The SMILES string of the molecule is Cc1cnccc1CNc1nn(C)c(=O)n(C)c1=O. The first-order valence-corrected chi connectivity index (χ1v) is 5.78. The van der Waals surface area contributed by atoms with Crippen molar-refractivity contribution >= 4 is 5.82 Å². The third-order valence-electron chi connectivity index (χ3n) is 2.90. The minimum absolute atomic E-state index is 0.154. The molecule has 1 N–H and O–H groups in total. The molecule has 19 heavy (non-hydrogen) atoms. The minimum atomic E-state index is -0.448. The lowest BCUT2D eigenvalue weighted by molar-refractivity contribution is 0.604. The minimum Gasteiger partial charge on any atom is -0.360 e. The van der Waals surface area contributed by atoms with E-state index in [1.54, 1.807) is 12.4 Å². The summed E-state index contributed by atoms with van der Waals surface area (Å²) < 4.78 is 2.15. The van der Waals surface area contributed by atoms with Gasteiger partial charge < -0.3 is 5.32 Å². The Kier molecular flexibility index (Phi) is 3.46. The van der Waals surface area contributed by atoms with Gasteiger partial charge >= 0.3 is 5.69 Å². The summed E-state index contributed by atoms with van der Waals surface area (Å²) in [5.74, 6) is 0.154. The fraction of sp³-hybridized carbons (Fsp3) is 0.333. The maximum absolute atomic E-state index is 11.9. The molecule has 7 heteroatoms. The average Bonchev–Trinajstić information content (AvgIpc) is 2.40.